The van der Waals surface area contributed by atoms with E-state index in [-0.39, 0.29) is 28.0 Å². The van der Waals surface area contributed by atoms with Crippen molar-refractivity contribution in [2.45, 2.75) is 38.6 Å². The highest BCUT2D eigenvalue weighted by Crippen LogP contribution is 2.36. The smallest absolute Gasteiger partial charge is 0.359 e. The van der Waals surface area contributed by atoms with Gasteiger partial charge in [0.15, 0.2) is 0 Å². The number of benzene rings is 1. The van der Waals surface area contributed by atoms with Gasteiger partial charge in [-0.1, -0.05) is 41.6 Å². The van der Waals surface area contributed by atoms with Crippen LogP contribution in [-0.2, 0) is 17.6 Å². The molecule has 0 N–H and O–H groups in total. The van der Waals surface area contributed by atoms with Gasteiger partial charge < -0.3 is 4.74 Å². The Morgan fingerprint density at radius 3 is 2.50 bits per heavy atom. The molecule has 26 heavy (non-hydrogen) atoms. The molecule has 2 rings (SSSR count). The van der Waals surface area contributed by atoms with Crippen molar-refractivity contribution in [1.29, 1.82) is 0 Å². The number of hydrogen-bond donors (Lipinski definition) is 0. The highest BCUT2D eigenvalue weighted by atomic mass is 79.9. The number of nitrogens with zero attached hydrogens (tertiary/aromatic N) is 2. The Kier molecular flexibility index (Phi) is 6.46. The van der Waals surface area contributed by atoms with Crippen LogP contribution in [-0.4, -0.2) is 24.5 Å². The van der Waals surface area contributed by atoms with Crippen LogP contribution in [0.2, 0.25) is 25.7 Å². The molecule has 0 aliphatic carbocycles. The summed E-state index contributed by atoms with van der Waals surface area (Å²) in [6, 6.07) is 7.47. The first-order valence-electron chi connectivity index (χ1n) is 8.00. The third kappa shape index (κ3) is 5.78. The second-order valence-corrected chi connectivity index (χ2v) is 13.6. The molecular formula is C17H20BrF3N2O2Si. The summed E-state index contributed by atoms with van der Waals surface area (Å²) in [7, 11) is -1.25. The lowest BCUT2D eigenvalue weighted by Gasteiger charge is -2.15. The highest BCUT2D eigenvalue weighted by Gasteiger charge is 2.33. The molecule has 0 amide bonds. The number of halogens is 4. The maximum atomic E-state index is 13.1. The summed E-state index contributed by atoms with van der Waals surface area (Å²) in [4.78, 5) is 11.9. The summed E-state index contributed by atoms with van der Waals surface area (Å²) < 4.78 is 45.8. The van der Waals surface area contributed by atoms with Crippen molar-refractivity contribution in [3.8, 4) is 11.3 Å². The summed E-state index contributed by atoms with van der Waals surface area (Å²) in [6.45, 7) is 7.14. The lowest BCUT2D eigenvalue weighted by atomic mass is 10.1. The van der Waals surface area contributed by atoms with Crippen LogP contribution in [0.4, 0.5) is 13.2 Å². The third-order valence-corrected chi connectivity index (χ3v) is 6.04. The fourth-order valence-electron chi connectivity index (χ4n) is 2.13. The van der Waals surface area contributed by atoms with Crippen molar-refractivity contribution in [3.05, 3.63) is 50.7 Å². The van der Waals surface area contributed by atoms with Gasteiger partial charge in [0.2, 0.25) is 0 Å². The quantitative estimate of drug-likeness (QED) is 0.461. The minimum absolute atomic E-state index is 0.0280. The first kappa shape index (κ1) is 20.9. The van der Waals surface area contributed by atoms with Crippen molar-refractivity contribution in [1.82, 2.24) is 9.78 Å². The molecule has 0 fully saturated rings. The first-order chi connectivity index (χ1) is 12.0. The molecule has 4 nitrogen and oxygen atoms in total. The Balaban J connectivity index is 2.23. The largest absolute Gasteiger partial charge is 0.417 e. The van der Waals surface area contributed by atoms with Gasteiger partial charge in [-0.2, -0.15) is 18.3 Å². The Labute approximate surface area is 159 Å². The Morgan fingerprint density at radius 1 is 1.19 bits per heavy atom. The molecule has 9 heteroatoms. The van der Waals surface area contributed by atoms with E-state index in [4.69, 9.17) is 4.74 Å². The second-order valence-electron chi connectivity index (χ2n) is 7.10. The number of rotatable bonds is 6. The van der Waals surface area contributed by atoms with Gasteiger partial charge in [0.05, 0.1) is 11.3 Å². The van der Waals surface area contributed by atoms with E-state index in [0.717, 1.165) is 16.8 Å². The SMILES string of the molecule is C[Si](C)(C)CCOCn1nc(-c2ccc(Br)c(C(F)(F)F)c2)ccc1=O. The van der Waals surface area contributed by atoms with E-state index in [1.54, 1.807) is 0 Å². The summed E-state index contributed by atoms with van der Waals surface area (Å²) in [5.74, 6) is 0. The first-order valence-corrected chi connectivity index (χ1v) is 12.5. The van der Waals surface area contributed by atoms with Gasteiger partial charge in [-0.25, -0.2) is 4.68 Å². The maximum Gasteiger partial charge on any atom is 0.417 e. The zero-order chi connectivity index (χ0) is 19.5. The van der Waals surface area contributed by atoms with Crippen molar-refractivity contribution in [3.63, 3.8) is 0 Å². The zero-order valence-electron chi connectivity index (χ0n) is 14.7. The Hall–Kier alpha value is -1.45. The topological polar surface area (TPSA) is 44.1 Å². The number of ether oxygens (including phenoxy) is 1. The molecule has 0 atom stereocenters. The minimum Gasteiger partial charge on any atom is -0.359 e. The van der Waals surface area contributed by atoms with E-state index in [1.165, 1.54) is 24.3 Å². The fourth-order valence-corrected chi connectivity index (χ4v) is 3.35. The van der Waals surface area contributed by atoms with Crippen molar-refractivity contribution in [2.75, 3.05) is 6.61 Å². The van der Waals surface area contributed by atoms with Gasteiger partial charge in [-0.3, -0.25) is 4.79 Å². The standard InChI is InChI=1S/C17H20BrF3N2O2Si/c1-26(2,3)9-8-25-11-23-16(24)7-6-15(22-23)12-4-5-14(18)13(10-12)17(19,20)21/h4-7,10H,8-9,11H2,1-3H3. The van der Waals surface area contributed by atoms with Gasteiger partial charge in [0, 0.05) is 30.8 Å². The molecule has 142 valence electrons. The van der Waals surface area contributed by atoms with E-state index < -0.39 is 19.8 Å². The molecule has 0 spiro atoms. The van der Waals surface area contributed by atoms with Crippen LogP contribution in [0, 0.1) is 0 Å². The molecule has 0 aliphatic rings. The summed E-state index contributed by atoms with van der Waals surface area (Å²) in [6.07, 6.45) is -4.48. The van der Waals surface area contributed by atoms with Crippen LogP contribution >= 0.6 is 15.9 Å². The van der Waals surface area contributed by atoms with Crippen LogP contribution in [0.15, 0.2) is 39.6 Å². The molecule has 0 radical (unpaired) electrons. The van der Waals surface area contributed by atoms with Crippen molar-refractivity contribution < 1.29 is 17.9 Å². The van der Waals surface area contributed by atoms with Crippen LogP contribution in [0.25, 0.3) is 11.3 Å². The van der Waals surface area contributed by atoms with Crippen molar-refractivity contribution >= 4 is 24.0 Å². The van der Waals surface area contributed by atoms with Crippen LogP contribution in [0.3, 0.4) is 0 Å². The van der Waals surface area contributed by atoms with E-state index >= 15 is 0 Å². The second kappa shape index (κ2) is 8.06. The lowest BCUT2D eigenvalue weighted by Crippen LogP contribution is -2.26. The van der Waals surface area contributed by atoms with Gasteiger partial charge in [0.1, 0.15) is 6.73 Å². The number of hydrogen-bond acceptors (Lipinski definition) is 3. The average molecular weight is 449 g/mol. The molecule has 0 saturated carbocycles. The maximum absolute atomic E-state index is 13.1. The molecule has 1 heterocycles. The third-order valence-electron chi connectivity index (χ3n) is 3.64. The molecule has 1 aromatic carbocycles. The Morgan fingerprint density at radius 2 is 1.88 bits per heavy atom. The van der Waals surface area contributed by atoms with E-state index in [2.05, 4.69) is 40.7 Å². The molecule has 0 saturated heterocycles. The average Bonchev–Trinajstić information content (AvgIpc) is 2.51. The van der Waals surface area contributed by atoms with E-state index in [9.17, 15) is 18.0 Å². The molecule has 0 bridgehead atoms. The molecule has 2 aromatic rings. The van der Waals surface area contributed by atoms with Crippen LogP contribution < -0.4 is 5.56 Å². The number of alkyl halides is 3. The van der Waals surface area contributed by atoms with Crippen LogP contribution in [0.5, 0.6) is 0 Å². The van der Waals surface area contributed by atoms with E-state index in [0.29, 0.717) is 6.61 Å². The highest BCUT2D eigenvalue weighted by molar-refractivity contribution is 9.10. The normalized spacial score (nSPS) is 12.4. The van der Waals surface area contributed by atoms with Gasteiger partial charge in [-0.15, -0.1) is 0 Å². The summed E-state index contributed by atoms with van der Waals surface area (Å²) in [5.41, 5.74) is -0.608. The predicted molar refractivity (Wildman–Crippen MR) is 101 cm³/mol. The minimum atomic E-state index is -4.48. The van der Waals surface area contributed by atoms with Crippen molar-refractivity contribution in [2.24, 2.45) is 0 Å². The number of aromatic nitrogens is 2. The zero-order valence-corrected chi connectivity index (χ0v) is 17.3. The Bertz CT molecular complexity index is 832. The van der Waals surface area contributed by atoms with Gasteiger partial charge in [-0.05, 0) is 24.2 Å². The molecule has 0 aliphatic heterocycles. The van der Waals surface area contributed by atoms with Gasteiger partial charge in [0.25, 0.3) is 5.56 Å². The van der Waals surface area contributed by atoms with Crippen LogP contribution in [0.1, 0.15) is 5.56 Å². The molecule has 1 aromatic heterocycles. The fraction of sp³-hybridized carbons (Fsp3) is 0.412. The van der Waals surface area contributed by atoms with E-state index in [1.807, 2.05) is 0 Å². The lowest BCUT2D eigenvalue weighted by molar-refractivity contribution is -0.138. The summed E-state index contributed by atoms with van der Waals surface area (Å²) >= 11 is 2.91. The summed E-state index contributed by atoms with van der Waals surface area (Å²) in [5, 5.41) is 4.14. The molecular weight excluding hydrogens is 429 g/mol. The van der Waals surface area contributed by atoms with Gasteiger partial charge >= 0.3 is 6.18 Å². The predicted octanol–water partition coefficient (Wildman–Crippen LogP) is 5.00. The molecule has 0 unspecified atom stereocenters. The monoisotopic (exact) mass is 448 g/mol.